The number of likely N-dealkylation sites (tertiary alicyclic amines) is 1. The van der Waals surface area contributed by atoms with Crippen LogP contribution in [-0.2, 0) is 9.53 Å². The van der Waals surface area contributed by atoms with E-state index in [4.69, 9.17) is 9.47 Å². The predicted molar refractivity (Wildman–Crippen MR) is 78.3 cm³/mol. The smallest absolute Gasteiger partial charge is 0.316 e. The van der Waals surface area contributed by atoms with Gasteiger partial charge in [0.15, 0.2) is 0 Å². The molecule has 3 aliphatic rings. The summed E-state index contributed by atoms with van der Waals surface area (Å²) < 4.78 is 11.8. The Morgan fingerprint density at radius 1 is 1.41 bits per heavy atom. The van der Waals surface area contributed by atoms with Crippen LogP contribution in [-0.4, -0.2) is 52.2 Å². The summed E-state index contributed by atoms with van der Waals surface area (Å²) in [7, 11) is 0. The maximum atomic E-state index is 12.2. The molecule has 6 heteroatoms. The third kappa shape index (κ3) is 2.92. The van der Waals surface area contributed by atoms with Crippen LogP contribution in [0.2, 0.25) is 0 Å². The van der Waals surface area contributed by atoms with Crippen LogP contribution in [0.4, 0.5) is 0 Å². The number of nitrogens with zero attached hydrogens (tertiary/aromatic N) is 3. The highest BCUT2D eigenvalue weighted by Gasteiger charge is 2.48. The Morgan fingerprint density at radius 2 is 2.23 bits per heavy atom. The molecule has 2 unspecified atom stereocenters. The van der Waals surface area contributed by atoms with Gasteiger partial charge in [0.2, 0.25) is 5.91 Å². The lowest BCUT2D eigenvalue weighted by molar-refractivity contribution is -0.131. The average Bonchev–Trinajstić information content (AvgIpc) is 3.11. The first-order chi connectivity index (χ1) is 10.7. The highest BCUT2D eigenvalue weighted by atomic mass is 16.6. The molecule has 3 fully saturated rings. The van der Waals surface area contributed by atoms with Crippen molar-refractivity contribution in [2.24, 2.45) is 5.92 Å². The molecule has 0 aromatic carbocycles. The maximum Gasteiger partial charge on any atom is 0.316 e. The first-order valence-corrected chi connectivity index (χ1v) is 8.08. The third-order valence-electron chi connectivity index (χ3n) is 4.82. The molecule has 0 bridgehead atoms. The second-order valence-electron chi connectivity index (χ2n) is 6.68. The van der Waals surface area contributed by atoms with Gasteiger partial charge in [0.25, 0.3) is 0 Å². The highest BCUT2D eigenvalue weighted by Crippen LogP contribution is 2.38. The van der Waals surface area contributed by atoms with Gasteiger partial charge in [-0.05, 0) is 31.2 Å². The van der Waals surface area contributed by atoms with Crippen LogP contribution >= 0.6 is 0 Å². The van der Waals surface area contributed by atoms with Crippen molar-refractivity contribution in [2.75, 3.05) is 19.7 Å². The summed E-state index contributed by atoms with van der Waals surface area (Å²) in [6.45, 7) is 2.05. The van der Waals surface area contributed by atoms with E-state index in [-0.39, 0.29) is 11.7 Å². The van der Waals surface area contributed by atoms with Gasteiger partial charge in [-0.2, -0.15) is 0 Å². The molecule has 118 valence electrons. The molecule has 2 aliphatic heterocycles. The number of carbonyl (C=O) groups excluding carboxylic acids is 1. The number of amides is 1. The third-order valence-corrected chi connectivity index (χ3v) is 4.82. The summed E-state index contributed by atoms with van der Waals surface area (Å²) in [5.41, 5.74) is -0.224. The van der Waals surface area contributed by atoms with E-state index in [1.54, 1.807) is 18.5 Å². The van der Waals surface area contributed by atoms with Crippen LogP contribution in [0.25, 0.3) is 0 Å². The average molecular weight is 303 g/mol. The first kappa shape index (κ1) is 13.9. The van der Waals surface area contributed by atoms with Crippen molar-refractivity contribution in [1.82, 2.24) is 14.9 Å². The van der Waals surface area contributed by atoms with Crippen molar-refractivity contribution in [3.8, 4) is 6.01 Å². The van der Waals surface area contributed by atoms with E-state index in [2.05, 4.69) is 9.97 Å². The normalized spacial score (nSPS) is 30.9. The molecule has 1 amide bonds. The van der Waals surface area contributed by atoms with Crippen LogP contribution in [0.3, 0.4) is 0 Å². The number of ether oxygens (including phenoxy) is 2. The molecule has 2 atom stereocenters. The van der Waals surface area contributed by atoms with E-state index < -0.39 is 0 Å². The maximum absolute atomic E-state index is 12.2. The van der Waals surface area contributed by atoms with Gasteiger partial charge in [0.05, 0.1) is 12.2 Å². The molecule has 4 rings (SSSR count). The van der Waals surface area contributed by atoms with Crippen molar-refractivity contribution < 1.29 is 14.3 Å². The number of hydrogen-bond acceptors (Lipinski definition) is 5. The molecule has 22 heavy (non-hydrogen) atoms. The lowest BCUT2D eigenvalue weighted by Gasteiger charge is -2.23. The van der Waals surface area contributed by atoms with Crippen LogP contribution in [0.15, 0.2) is 18.5 Å². The summed E-state index contributed by atoms with van der Waals surface area (Å²) in [5.74, 6) is 0.929. The van der Waals surface area contributed by atoms with Crippen molar-refractivity contribution in [3.63, 3.8) is 0 Å². The molecule has 6 nitrogen and oxygen atoms in total. The monoisotopic (exact) mass is 303 g/mol. The Morgan fingerprint density at radius 3 is 3.00 bits per heavy atom. The Bertz CT molecular complexity index is 549. The molecular weight excluding hydrogens is 282 g/mol. The van der Waals surface area contributed by atoms with Gasteiger partial charge in [0.1, 0.15) is 6.10 Å². The molecule has 1 aliphatic carbocycles. The molecule has 1 aromatic heterocycles. The van der Waals surface area contributed by atoms with Gasteiger partial charge < -0.3 is 14.4 Å². The zero-order chi connectivity index (χ0) is 15.0. The molecular formula is C16H21N3O3. The molecule has 1 aromatic rings. The van der Waals surface area contributed by atoms with Gasteiger partial charge in [-0.1, -0.05) is 0 Å². The van der Waals surface area contributed by atoms with Crippen molar-refractivity contribution in [2.45, 2.75) is 43.8 Å². The summed E-state index contributed by atoms with van der Waals surface area (Å²) in [6.07, 6.45) is 8.16. The number of aromatic nitrogens is 2. The second kappa shape index (κ2) is 5.50. The molecule has 1 spiro atoms. The lowest BCUT2D eigenvalue weighted by Crippen LogP contribution is -2.36. The first-order valence-electron chi connectivity index (χ1n) is 8.08. The van der Waals surface area contributed by atoms with E-state index in [9.17, 15) is 4.79 Å². The fourth-order valence-electron chi connectivity index (χ4n) is 3.41. The molecule has 1 saturated carbocycles. The Balaban J connectivity index is 1.33. The largest absolute Gasteiger partial charge is 0.458 e. The van der Waals surface area contributed by atoms with Crippen LogP contribution < -0.4 is 4.74 Å². The van der Waals surface area contributed by atoms with Crippen molar-refractivity contribution >= 4 is 5.91 Å². The van der Waals surface area contributed by atoms with Crippen LogP contribution in [0.1, 0.15) is 32.1 Å². The summed E-state index contributed by atoms with van der Waals surface area (Å²) in [5, 5.41) is 0. The van der Waals surface area contributed by atoms with Crippen LogP contribution in [0.5, 0.6) is 6.01 Å². The molecule has 3 heterocycles. The summed E-state index contributed by atoms with van der Waals surface area (Å²) in [6, 6.07) is 2.16. The van der Waals surface area contributed by atoms with E-state index >= 15 is 0 Å². The topological polar surface area (TPSA) is 64.6 Å². The summed E-state index contributed by atoms with van der Waals surface area (Å²) in [4.78, 5) is 22.4. The van der Waals surface area contributed by atoms with Gasteiger partial charge in [-0.15, -0.1) is 0 Å². The fourth-order valence-corrected chi connectivity index (χ4v) is 3.41. The zero-order valence-corrected chi connectivity index (χ0v) is 12.6. The number of carbonyl (C=O) groups is 1. The fraction of sp³-hybridized carbons (Fsp3) is 0.688. The van der Waals surface area contributed by atoms with E-state index in [0.717, 1.165) is 19.4 Å². The van der Waals surface area contributed by atoms with E-state index in [1.165, 1.54) is 12.8 Å². The standard InChI is InChI=1S/C16H21N3O3/c20-14(8-12-2-3-12)19-7-4-16(11-19)9-13(10-21-16)22-15-17-5-1-6-18-15/h1,5-6,12-13H,2-4,7-11H2. The number of hydrogen-bond donors (Lipinski definition) is 0. The van der Waals surface area contributed by atoms with Gasteiger partial charge in [-0.25, -0.2) is 9.97 Å². The van der Waals surface area contributed by atoms with Crippen LogP contribution in [0, 0.1) is 5.92 Å². The Kier molecular flexibility index (Phi) is 3.48. The zero-order valence-electron chi connectivity index (χ0n) is 12.6. The van der Waals surface area contributed by atoms with E-state index in [0.29, 0.717) is 37.4 Å². The highest BCUT2D eigenvalue weighted by molar-refractivity contribution is 5.77. The SMILES string of the molecule is O=C(CC1CC1)N1CCC2(CC(Oc3ncccn3)CO2)C1. The minimum Gasteiger partial charge on any atom is -0.458 e. The lowest BCUT2D eigenvalue weighted by atomic mass is 9.98. The number of rotatable bonds is 4. The van der Waals surface area contributed by atoms with Gasteiger partial charge in [0, 0.05) is 38.3 Å². The van der Waals surface area contributed by atoms with E-state index in [1.807, 2.05) is 4.90 Å². The van der Waals surface area contributed by atoms with Crippen molar-refractivity contribution in [1.29, 1.82) is 0 Å². The Labute approximate surface area is 129 Å². The summed E-state index contributed by atoms with van der Waals surface area (Å²) >= 11 is 0. The quantitative estimate of drug-likeness (QED) is 0.841. The van der Waals surface area contributed by atoms with Crippen molar-refractivity contribution in [3.05, 3.63) is 18.5 Å². The molecule has 0 N–H and O–H groups in total. The van der Waals surface area contributed by atoms with Gasteiger partial charge in [-0.3, -0.25) is 4.79 Å². The van der Waals surface area contributed by atoms with Gasteiger partial charge >= 0.3 is 6.01 Å². The predicted octanol–water partition coefficient (Wildman–Crippen LogP) is 1.42. The Hall–Kier alpha value is -1.69. The minimum atomic E-state index is -0.224. The molecule has 0 radical (unpaired) electrons. The molecule has 2 saturated heterocycles. The minimum absolute atomic E-state index is 0.0270. The second-order valence-corrected chi connectivity index (χ2v) is 6.68.